The van der Waals surface area contributed by atoms with Gasteiger partial charge in [0.25, 0.3) is 0 Å². The third-order valence-corrected chi connectivity index (χ3v) is 3.26. The Kier molecular flexibility index (Phi) is 2.35. The number of hydrazine groups is 1. The summed E-state index contributed by atoms with van der Waals surface area (Å²) in [7, 11) is 0. The van der Waals surface area contributed by atoms with Crippen molar-refractivity contribution in [3.8, 4) is 0 Å². The monoisotopic (exact) mass is 213 g/mol. The van der Waals surface area contributed by atoms with Crippen molar-refractivity contribution in [1.82, 2.24) is 10.4 Å². The van der Waals surface area contributed by atoms with Gasteiger partial charge in [-0.3, -0.25) is 16.3 Å². The zero-order chi connectivity index (χ0) is 11.0. The highest BCUT2D eigenvalue weighted by atomic mass is 15.2. The molecule has 0 amide bonds. The number of nitrogens with one attached hydrogen (secondary N) is 1. The fourth-order valence-electron chi connectivity index (χ4n) is 2.22. The maximum absolute atomic E-state index is 5.62. The molecule has 0 saturated heterocycles. The Morgan fingerprint density at radius 1 is 1.31 bits per heavy atom. The van der Waals surface area contributed by atoms with Gasteiger partial charge in [-0.2, -0.15) is 0 Å². The summed E-state index contributed by atoms with van der Waals surface area (Å²) < 4.78 is 0. The van der Waals surface area contributed by atoms with Crippen LogP contribution in [0, 0.1) is 5.92 Å². The average Bonchev–Trinajstić information content (AvgIpc) is 3.14. The van der Waals surface area contributed by atoms with Crippen LogP contribution in [0.5, 0.6) is 0 Å². The van der Waals surface area contributed by atoms with Gasteiger partial charge in [0.05, 0.1) is 5.52 Å². The van der Waals surface area contributed by atoms with Crippen molar-refractivity contribution in [3.63, 3.8) is 0 Å². The molecular formula is C13H15N3. The molecule has 1 saturated carbocycles. The molecule has 1 atom stereocenters. The van der Waals surface area contributed by atoms with E-state index < -0.39 is 0 Å². The van der Waals surface area contributed by atoms with Crippen molar-refractivity contribution in [1.29, 1.82) is 0 Å². The van der Waals surface area contributed by atoms with Crippen LogP contribution < -0.4 is 11.3 Å². The molecule has 1 aromatic heterocycles. The second-order valence-corrected chi connectivity index (χ2v) is 4.44. The standard InChI is InChI=1S/C13H15N3/c14-16-13(9-3-4-9)11-5-6-12-10(8-11)2-1-7-15-12/h1-2,5-9,13,16H,3-4,14H2. The number of hydrogen-bond donors (Lipinski definition) is 2. The lowest BCUT2D eigenvalue weighted by molar-refractivity contribution is 0.497. The summed E-state index contributed by atoms with van der Waals surface area (Å²) in [6, 6.07) is 10.7. The van der Waals surface area contributed by atoms with E-state index in [1.807, 2.05) is 12.3 Å². The van der Waals surface area contributed by atoms with E-state index >= 15 is 0 Å². The number of nitrogens with two attached hydrogens (primary N) is 1. The van der Waals surface area contributed by atoms with Crippen molar-refractivity contribution in [3.05, 3.63) is 42.1 Å². The maximum atomic E-state index is 5.62. The Morgan fingerprint density at radius 3 is 2.94 bits per heavy atom. The van der Waals surface area contributed by atoms with Crippen LogP contribution in [0.2, 0.25) is 0 Å². The molecule has 1 aromatic carbocycles. The summed E-state index contributed by atoms with van der Waals surface area (Å²) in [5.74, 6) is 6.33. The number of hydrogen-bond acceptors (Lipinski definition) is 3. The highest BCUT2D eigenvalue weighted by Crippen LogP contribution is 2.40. The Bertz CT molecular complexity index is 505. The van der Waals surface area contributed by atoms with Crippen molar-refractivity contribution in [2.45, 2.75) is 18.9 Å². The SMILES string of the molecule is NNC(c1ccc2ncccc2c1)C1CC1. The molecule has 1 unspecified atom stereocenters. The molecule has 0 spiro atoms. The van der Waals surface area contributed by atoms with Gasteiger partial charge in [0, 0.05) is 17.6 Å². The zero-order valence-electron chi connectivity index (χ0n) is 9.06. The first-order chi connectivity index (χ1) is 7.88. The Balaban J connectivity index is 2.03. The lowest BCUT2D eigenvalue weighted by Gasteiger charge is -2.15. The van der Waals surface area contributed by atoms with Crippen molar-refractivity contribution in [2.24, 2.45) is 11.8 Å². The first-order valence-electron chi connectivity index (χ1n) is 5.69. The van der Waals surface area contributed by atoms with E-state index in [1.165, 1.54) is 23.8 Å². The quantitative estimate of drug-likeness (QED) is 0.606. The van der Waals surface area contributed by atoms with Gasteiger partial charge in [-0.15, -0.1) is 0 Å². The molecule has 1 aliphatic carbocycles. The number of rotatable bonds is 3. The van der Waals surface area contributed by atoms with Crippen LogP contribution >= 0.6 is 0 Å². The van der Waals surface area contributed by atoms with E-state index in [0.717, 1.165) is 5.52 Å². The third kappa shape index (κ3) is 1.68. The molecule has 0 bridgehead atoms. The van der Waals surface area contributed by atoms with Gasteiger partial charge in [0.2, 0.25) is 0 Å². The van der Waals surface area contributed by atoms with Crippen molar-refractivity contribution < 1.29 is 0 Å². The highest BCUT2D eigenvalue weighted by Gasteiger charge is 2.31. The van der Waals surface area contributed by atoms with Crippen LogP contribution in [0.4, 0.5) is 0 Å². The highest BCUT2D eigenvalue weighted by molar-refractivity contribution is 5.79. The lowest BCUT2D eigenvalue weighted by atomic mass is 10.0. The largest absolute Gasteiger partial charge is 0.271 e. The first-order valence-corrected chi connectivity index (χ1v) is 5.69. The molecule has 0 aliphatic heterocycles. The summed E-state index contributed by atoms with van der Waals surface area (Å²) in [6.07, 6.45) is 4.38. The molecule has 82 valence electrons. The number of nitrogens with zero attached hydrogens (tertiary/aromatic N) is 1. The molecule has 16 heavy (non-hydrogen) atoms. The molecule has 1 heterocycles. The van der Waals surface area contributed by atoms with E-state index in [-0.39, 0.29) is 0 Å². The molecule has 3 N–H and O–H groups in total. The maximum Gasteiger partial charge on any atom is 0.0702 e. The van der Waals surface area contributed by atoms with Gasteiger partial charge in [0.1, 0.15) is 0 Å². The molecule has 3 nitrogen and oxygen atoms in total. The van der Waals surface area contributed by atoms with Crippen LogP contribution in [0.3, 0.4) is 0 Å². The summed E-state index contributed by atoms with van der Waals surface area (Å²) in [5.41, 5.74) is 5.23. The van der Waals surface area contributed by atoms with Crippen molar-refractivity contribution in [2.75, 3.05) is 0 Å². The fraction of sp³-hybridized carbons (Fsp3) is 0.308. The number of benzene rings is 1. The minimum atomic E-state index is 0.296. The number of pyridine rings is 1. The van der Waals surface area contributed by atoms with Crippen LogP contribution in [0.25, 0.3) is 10.9 Å². The molecule has 1 fully saturated rings. The van der Waals surface area contributed by atoms with E-state index in [2.05, 4.69) is 34.7 Å². The minimum Gasteiger partial charge on any atom is -0.271 e. The van der Waals surface area contributed by atoms with Gasteiger partial charge in [-0.25, -0.2) is 0 Å². The number of fused-ring (bicyclic) bond motifs is 1. The topological polar surface area (TPSA) is 50.9 Å². The zero-order valence-corrected chi connectivity index (χ0v) is 9.06. The van der Waals surface area contributed by atoms with E-state index in [0.29, 0.717) is 12.0 Å². The smallest absolute Gasteiger partial charge is 0.0702 e. The molecule has 1 aliphatic rings. The average molecular weight is 213 g/mol. The Hall–Kier alpha value is -1.45. The van der Waals surface area contributed by atoms with Crippen LogP contribution in [-0.2, 0) is 0 Å². The summed E-state index contributed by atoms with van der Waals surface area (Å²) in [4.78, 5) is 4.32. The van der Waals surface area contributed by atoms with Crippen LogP contribution in [-0.4, -0.2) is 4.98 Å². The first kappa shape index (κ1) is 9.75. The van der Waals surface area contributed by atoms with Gasteiger partial charge in [-0.05, 0) is 42.5 Å². The Labute approximate surface area is 94.6 Å². The normalized spacial score (nSPS) is 17.6. The summed E-state index contributed by atoms with van der Waals surface area (Å²) in [6.45, 7) is 0. The summed E-state index contributed by atoms with van der Waals surface area (Å²) in [5, 5.41) is 1.18. The molecule has 3 rings (SSSR count). The van der Waals surface area contributed by atoms with Gasteiger partial charge >= 0.3 is 0 Å². The predicted molar refractivity (Wildman–Crippen MR) is 64.5 cm³/mol. The van der Waals surface area contributed by atoms with Gasteiger partial charge < -0.3 is 0 Å². The molecule has 3 heteroatoms. The van der Waals surface area contributed by atoms with Crippen molar-refractivity contribution >= 4 is 10.9 Å². The second-order valence-electron chi connectivity index (χ2n) is 4.44. The van der Waals surface area contributed by atoms with E-state index in [1.54, 1.807) is 0 Å². The Morgan fingerprint density at radius 2 is 2.19 bits per heavy atom. The van der Waals surface area contributed by atoms with Crippen LogP contribution in [0.1, 0.15) is 24.4 Å². The minimum absolute atomic E-state index is 0.296. The predicted octanol–water partition coefficient (Wildman–Crippen LogP) is 2.15. The van der Waals surface area contributed by atoms with Gasteiger partial charge in [0.15, 0.2) is 0 Å². The van der Waals surface area contributed by atoms with E-state index in [9.17, 15) is 0 Å². The van der Waals surface area contributed by atoms with E-state index in [4.69, 9.17) is 5.84 Å². The third-order valence-electron chi connectivity index (χ3n) is 3.26. The van der Waals surface area contributed by atoms with Crippen LogP contribution in [0.15, 0.2) is 36.5 Å². The van der Waals surface area contributed by atoms with Gasteiger partial charge in [-0.1, -0.05) is 12.1 Å². The molecule has 2 aromatic rings. The fourth-order valence-corrected chi connectivity index (χ4v) is 2.22. The summed E-state index contributed by atoms with van der Waals surface area (Å²) >= 11 is 0. The second kappa shape index (κ2) is 3.85. The lowest BCUT2D eigenvalue weighted by Crippen LogP contribution is -2.29. The number of aromatic nitrogens is 1. The molecule has 0 radical (unpaired) electrons. The molecular weight excluding hydrogens is 198 g/mol.